The molecule has 0 atom stereocenters. The molecule has 0 bridgehead atoms. The normalized spacial score (nSPS) is 11.3. The van der Waals surface area contributed by atoms with Crippen molar-refractivity contribution in [2.24, 2.45) is 0 Å². The van der Waals surface area contributed by atoms with Crippen LogP contribution in [0.4, 0.5) is 4.39 Å². The van der Waals surface area contributed by atoms with E-state index in [1.54, 1.807) is 22.7 Å². The Labute approximate surface area is 124 Å². The van der Waals surface area contributed by atoms with Crippen LogP contribution in [-0.4, -0.2) is 19.4 Å². The smallest absolute Gasteiger partial charge is 0.267 e. The highest BCUT2D eigenvalue weighted by molar-refractivity contribution is 5.92. The van der Waals surface area contributed by atoms with Gasteiger partial charge in [0.2, 0.25) is 0 Å². The van der Waals surface area contributed by atoms with Crippen molar-refractivity contribution >= 4 is 16.4 Å². The molecule has 4 rings (SSSR count). The second kappa shape index (κ2) is 4.77. The third-order valence-electron chi connectivity index (χ3n) is 3.64. The van der Waals surface area contributed by atoms with Crippen LogP contribution in [0, 0.1) is 5.82 Å². The topological polar surface area (TPSA) is 52.2 Å². The van der Waals surface area contributed by atoms with Crippen molar-refractivity contribution in [3.8, 4) is 0 Å². The molecule has 6 heteroatoms. The summed E-state index contributed by atoms with van der Waals surface area (Å²) in [6.07, 6.45) is 1.49. The van der Waals surface area contributed by atoms with Crippen LogP contribution in [0.3, 0.4) is 0 Å². The number of hydrogen-bond acceptors (Lipinski definition) is 3. The monoisotopic (exact) mass is 294 g/mol. The number of nitrogens with zero attached hydrogens (tertiary/aromatic N) is 4. The first-order valence-electron chi connectivity index (χ1n) is 6.80. The van der Waals surface area contributed by atoms with Crippen LogP contribution in [0.5, 0.6) is 0 Å². The standard InChI is InChI=1S/C16H11FN4O/c17-12-5-3-4-11(8-12)9-20-16(22)14-7-2-1-6-13(14)15-19-18-10-21(15)20/h1-8,10H,9H2. The Balaban J connectivity index is 2.01. The molecule has 0 aliphatic heterocycles. The predicted molar refractivity (Wildman–Crippen MR) is 80.3 cm³/mol. The molecular formula is C16H11FN4O. The van der Waals surface area contributed by atoms with E-state index in [1.807, 2.05) is 18.2 Å². The van der Waals surface area contributed by atoms with Crippen LogP contribution in [0.2, 0.25) is 0 Å². The van der Waals surface area contributed by atoms with Crippen molar-refractivity contribution in [1.29, 1.82) is 0 Å². The van der Waals surface area contributed by atoms with Gasteiger partial charge in [-0.3, -0.25) is 4.79 Å². The van der Waals surface area contributed by atoms with Gasteiger partial charge in [0.25, 0.3) is 5.56 Å². The number of hydrogen-bond donors (Lipinski definition) is 0. The number of halogens is 1. The molecule has 0 N–H and O–H groups in total. The molecule has 0 amide bonds. The fourth-order valence-electron chi connectivity index (χ4n) is 2.64. The molecule has 0 spiro atoms. The van der Waals surface area contributed by atoms with E-state index in [4.69, 9.17) is 0 Å². The lowest BCUT2D eigenvalue weighted by Crippen LogP contribution is -2.26. The van der Waals surface area contributed by atoms with Gasteiger partial charge in [-0.2, -0.15) is 0 Å². The van der Waals surface area contributed by atoms with E-state index in [1.165, 1.54) is 23.1 Å². The zero-order chi connectivity index (χ0) is 15.1. The molecule has 0 aliphatic carbocycles. The SMILES string of the molecule is O=c1c2ccccc2c2nncn2n1Cc1cccc(F)c1. The molecule has 2 aromatic heterocycles. The minimum atomic E-state index is -0.327. The molecule has 5 nitrogen and oxygen atoms in total. The van der Waals surface area contributed by atoms with Crippen LogP contribution in [0.25, 0.3) is 16.4 Å². The highest BCUT2D eigenvalue weighted by Gasteiger charge is 2.12. The molecule has 22 heavy (non-hydrogen) atoms. The summed E-state index contributed by atoms with van der Waals surface area (Å²) >= 11 is 0. The van der Waals surface area contributed by atoms with Crippen molar-refractivity contribution in [3.05, 3.63) is 76.6 Å². The quantitative estimate of drug-likeness (QED) is 0.569. The zero-order valence-corrected chi connectivity index (χ0v) is 11.5. The van der Waals surface area contributed by atoms with E-state index in [2.05, 4.69) is 10.2 Å². The second-order valence-electron chi connectivity index (χ2n) is 5.04. The summed E-state index contributed by atoms with van der Waals surface area (Å²) in [5.41, 5.74) is 1.14. The van der Waals surface area contributed by atoms with Gasteiger partial charge in [-0.05, 0) is 23.8 Å². The Morgan fingerprint density at radius 1 is 1.05 bits per heavy atom. The first-order chi connectivity index (χ1) is 10.7. The highest BCUT2D eigenvalue weighted by atomic mass is 19.1. The van der Waals surface area contributed by atoms with Crippen molar-refractivity contribution in [2.75, 3.05) is 0 Å². The van der Waals surface area contributed by atoms with E-state index >= 15 is 0 Å². The first-order valence-corrected chi connectivity index (χ1v) is 6.80. The van der Waals surface area contributed by atoms with Crippen LogP contribution < -0.4 is 5.56 Å². The minimum absolute atomic E-state index is 0.160. The van der Waals surface area contributed by atoms with Gasteiger partial charge in [0, 0.05) is 5.39 Å². The van der Waals surface area contributed by atoms with Gasteiger partial charge in [-0.25, -0.2) is 13.6 Å². The van der Waals surface area contributed by atoms with Gasteiger partial charge in [-0.1, -0.05) is 30.3 Å². The van der Waals surface area contributed by atoms with Gasteiger partial charge in [-0.15, -0.1) is 10.2 Å². The zero-order valence-electron chi connectivity index (χ0n) is 11.5. The first kappa shape index (κ1) is 12.7. The molecule has 108 valence electrons. The van der Waals surface area contributed by atoms with E-state index in [9.17, 15) is 9.18 Å². The predicted octanol–water partition coefficient (Wildman–Crippen LogP) is 2.23. The Kier molecular flexibility index (Phi) is 2.75. The lowest BCUT2D eigenvalue weighted by molar-refractivity contribution is 0.593. The summed E-state index contributed by atoms with van der Waals surface area (Å²) in [6, 6.07) is 13.5. The Bertz CT molecular complexity index is 1050. The fraction of sp³-hybridized carbons (Fsp3) is 0.0625. The van der Waals surface area contributed by atoms with E-state index < -0.39 is 0 Å². The molecule has 0 aliphatic rings. The average molecular weight is 294 g/mol. The van der Waals surface area contributed by atoms with Gasteiger partial charge >= 0.3 is 0 Å². The molecule has 0 saturated heterocycles. The van der Waals surface area contributed by atoms with E-state index in [0.29, 0.717) is 16.6 Å². The second-order valence-corrected chi connectivity index (χ2v) is 5.04. The Morgan fingerprint density at radius 3 is 2.68 bits per heavy atom. The largest absolute Gasteiger partial charge is 0.273 e. The Hall–Kier alpha value is -3.02. The summed E-state index contributed by atoms with van der Waals surface area (Å²) in [6.45, 7) is 0.246. The van der Waals surface area contributed by atoms with Crippen LogP contribution >= 0.6 is 0 Å². The summed E-state index contributed by atoms with van der Waals surface area (Å²) in [7, 11) is 0. The Morgan fingerprint density at radius 2 is 1.86 bits per heavy atom. The number of fused-ring (bicyclic) bond motifs is 3. The summed E-state index contributed by atoms with van der Waals surface area (Å²) < 4.78 is 16.5. The summed E-state index contributed by atoms with van der Waals surface area (Å²) in [5.74, 6) is -0.327. The third kappa shape index (κ3) is 1.88. The summed E-state index contributed by atoms with van der Waals surface area (Å²) in [4.78, 5) is 12.7. The maximum atomic E-state index is 13.4. The van der Waals surface area contributed by atoms with Gasteiger partial charge in [0.1, 0.15) is 12.1 Å². The van der Waals surface area contributed by atoms with Crippen LogP contribution in [0.1, 0.15) is 5.56 Å². The lowest BCUT2D eigenvalue weighted by Gasteiger charge is -2.11. The maximum absolute atomic E-state index is 13.4. The number of rotatable bonds is 2. The number of aromatic nitrogens is 4. The molecular weight excluding hydrogens is 283 g/mol. The van der Waals surface area contributed by atoms with Gasteiger partial charge in [0.05, 0.1) is 11.9 Å². The number of benzene rings is 2. The molecule has 2 heterocycles. The summed E-state index contributed by atoms with van der Waals surface area (Å²) in [5, 5.41) is 9.30. The van der Waals surface area contributed by atoms with E-state index in [-0.39, 0.29) is 17.9 Å². The molecule has 2 aromatic carbocycles. The molecule has 0 saturated carbocycles. The van der Waals surface area contributed by atoms with Crippen molar-refractivity contribution in [1.82, 2.24) is 19.4 Å². The molecule has 0 unspecified atom stereocenters. The lowest BCUT2D eigenvalue weighted by atomic mass is 10.2. The van der Waals surface area contributed by atoms with Gasteiger partial charge < -0.3 is 0 Å². The maximum Gasteiger partial charge on any atom is 0.273 e. The average Bonchev–Trinajstić information content (AvgIpc) is 3.01. The van der Waals surface area contributed by atoms with Crippen LogP contribution in [-0.2, 0) is 6.54 Å². The molecule has 4 aromatic rings. The fourth-order valence-corrected chi connectivity index (χ4v) is 2.64. The van der Waals surface area contributed by atoms with Gasteiger partial charge in [0.15, 0.2) is 5.65 Å². The van der Waals surface area contributed by atoms with Crippen molar-refractivity contribution < 1.29 is 4.39 Å². The molecule has 0 fully saturated rings. The minimum Gasteiger partial charge on any atom is -0.267 e. The van der Waals surface area contributed by atoms with Crippen LogP contribution in [0.15, 0.2) is 59.7 Å². The highest BCUT2D eigenvalue weighted by Crippen LogP contribution is 2.15. The molecule has 0 radical (unpaired) electrons. The van der Waals surface area contributed by atoms with Crippen molar-refractivity contribution in [2.45, 2.75) is 6.54 Å². The third-order valence-corrected chi connectivity index (χ3v) is 3.64. The van der Waals surface area contributed by atoms with Crippen molar-refractivity contribution in [3.63, 3.8) is 0 Å². The van der Waals surface area contributed by atoms with E-state index in [0.717, 1.165) is 5.39 Å².